The third-order valence-corrected chi connectivity index (χ3v) is 3.30. The molecule has 1 aliphatic rings. The lowest BCUT2D eigenvalue weighted by molar-refractivity contribution is 0.258. The lowest BCUT2D eigenvalue weighted by Gasteiger charge is -2.34. The number of hydrogen-bond donors (Lipinski definition) is 1. The summed E-state index contributed by atoms with van der Waals surface area (Å²) in [5.74, 6) is 1.93. The summed E-state index contributed by atoms with van der Waals surface area (Å²) in [5.41, 5.74) is 0.470. The molecule has 3 nitrogen and oxygen atoms in total. The van der Waals surface area contributed by atoms with Crippen LogP contribution >= 0.6 is 0 Å². The normalized spacial score (nSPS) is 19.1. The molecule has 0 saturated carbocycles. The van der Waals surface area contributed by atoms with Crippen LogP contribution in [0.25, 0.3) is 0 Å². The molecule has 0 aliphatic carbocycles. The van der Waals surface area contributed by atoms with Gasteiger partial charge in [-0.05, 0) is 30.6 Å². The maximum absolute atomic E-state index is 4.31. The highest BCUT2D eigenvalue weighted by Gasteiger charge is 2.24. The first-order chi connectivity index (χ1) is 7.54. The molecule has 0 radical (unpaired) electrons. The van der Waals surface area contributed by atoms with Gasteiger partial charge in [0.25, 0.3) is 0 Å². The van der Waals surface area contributed by atoms with Crippen molar-refractivity contribution in [2.75, 3.05) is 18.0 Å². The largest absolute Gasteiger partial charge is 0.342 e. The molecule has 16 heavy (non-hydrogen) atoms. The topological polar surface area (TPSA) is 31.9 Å². The van der Waals surface area contributed by atoms with E-state index in [-0.39, 0.29) is 0 Å². The third kappa shape index (κ3) is 3.00. The summed E-state index contributed by atoms with van der Waals surface area (Å²) in [6.07, 6.45) is 7.68. The van der Waals surface area contributed by atoms with Crippen molar-refractivity contribution in [2.24, 2.45) is 11.3 Å². The van der Waals surface area contributed by atoms with Crippen LogP contribution in [0.5, 0.6) is 0 Å². The number of nitrogens with zero attached hydrogens (tertiary/aromatic N) is 2. The van der Waals surface area contributed by atoms with Gasteiger partial charge < -0.3 is 9.88 Å². The van der Waals surface area contributed by atoms with Crippen LogP contribution in [0.1, 0.15) is 40.0 Å². The van der Waals surface area contributed by atoms with Gasteiger partial charge in [-0.15, -0.1) is 0 Å². The van der Waals surface area contributed by atoms with Crippen LogP contribution in [0, 0.1) is 11.3 Å². The van der Waals surface area contributed by atoms with E-state index >= 15 is 0 Å². The zero-order chi connectivity index (χ0) is 11.6. The first kappa shape index (κ1) is 11.5. The molecule has 0 unspecified atom stereocenters. The van der Waals surface area contributed by atoms with E-state index in [1.54, 1.807) is 0 Å². The van der Waals surface area contributed by atoms with E-state index in [9.17, 15) is 0 Å². The minimum Gasteiger partial charge on any atom is -0.342 e. The minimum atomic E-state index is 0.470. The highest BCUT2D eigenvalue weighted by atomic mass is 15.3. The number of rotatable bonds is 2. The summed E-state index contributed by atoms with van der Waals surface area (Å²) < 4.78 is 0. The summed E-state index contributed by atoms with van der Waals surface area (Å²) in [6, 6.07) is 0. The summed E-state index contributed by atoms with van der Waals surface area (Å²) in [6.45, 7) is 9.31. The fourth-order valence-corrected chi connectivity index (χ4v) is 2.64. The summed E-state index contributed by atoms with van der Waals surface area (Å²) >= 11 is 0. The van der Waals surface area contributed by atoms with Gasteiger partial charge in [0.1, 0.15) is 0 Å². The van der Waals surface area contributed by atoms with Crippen LogP contribution in [0.4, 0.5) is 5.95 Å². The van der Waals surface area contributed by atoms with E-state index < -0.39 is 0 Å². The fraction of sp³-hybridized carbons (Fsp3) is 0.769. The number of imidazole rings is 1. The smallest absolute Gasteiger partial charge is 0.202 e. The quantitative estimate of drug-likeness (QED) is 0.832. The van der Waals surface area contributed by atoms with Gasteiger partial charge in [-0.1, -0.05) is 20.8 Å². The van der Waals surface area contributed by atoms with Gasteiger partial charge in [0.05, 0.1) is 0 Å². The zero-order valence-electron chi connectivity index (χ0n) is 10.7. The Labute approximate surface area is 98.3 Å². The molecule has 0 aromatic carbocycles. The summed E-state index contributed by atoms with van der Waals surface area (Å²) in [5, 5.41) is 0. The molecule has 0 atom stereocenters. The van der Waals surface area contributed by atoms with Crippen LogP contribution in [0.3, 0.4) is 0 Å². The number of nitrogens with one attached hydrogen (secondary N) is 1. The molecule has 2 heterocycles. The van der Waals surface area contributed by atoms with Gasteiger partial charge in [-0.25, -0.2) is 4.98 Å². The zero-order valence-corrected chi connectivity index (χ0v) is 10.7. The standard InChI is InChI=1S/C13H23N3/c1-13(2,3)10-11-4-8-16(9-5-11)12-14-6-7-15-12/h6-7,11H,4-5,8-10H2,1-3H3,(H,14,15). The average molecular weight is 221 g/mol. The van der Waals surface area contributed by atoms with Crippen molar-refractivity contribution in [3.8, 4) is 0 Å². The van der Waals surface area contributed by atoms with E-state index in [1.807, 2.05) is 12.4 Å². The predicted octanol–water partition coefficient (Wildman–Crippen LogP) is 3.06. The SMILES string of the molecule is CC(C)(C)CC1CCN(c2ncc[nH]2)CC1. The number of piperidine rings is 1. The van der Waals surface area contributed by atoms with Crippen LogP contribution in [0.15, 0.2) is 12.4 Å². The van der Waals surface area contributed by atoms with Crippen molar-refractivity contribution in [1.82, 2.24) is 9.97 Å². The third-order valence-electron chi connectivity index (χ3n) is 3.30. The van der Waals surface area contributed by atoms with Gasteiger partial charge in [-0.2, -0.15) is 0 Å². The highest BCUT2D eigenvalue weighted by molar-refractivity contribution is 5.29. The van der Waals surface area contributed by atoms with Crippen molar-refractivity contribution in [1.29, 1.82) is 0 Å². The Bertz CT molecular complexity index is 302. The fourth-order valence-electron chi connectivity index (χ4n) is 2.64. The van der Waals surface area contributed by atoms with Crippen molar-refractivity contribution in [2.45, 2.75) is 40.0 Å². The first-order valence-electron chi connectivity index (χ1n) is 6.29. The van der Waals surface area contributed by atoms with E-state index in [1.165, 1.54) is 19.3 Å². The van der Waals surface area contributed by atoms with Gasteiger partial charge in [0.15, 0.2) is 0 Å². The van der Waals surface area contributed by atoms with Gasteiger partial charge in [0.2, 0.25) is 5.95 Å². The molecule has 0 amide bonds. The molecule has 1 aromatic rings. The number of aromatic amines is 1. The second-order valence-electron chi connectivity index (χ2n) is 6.11. The minimum absolute atomic E-state index is 0.470. The van der Waals surface area contributed by atoms with Crippen LogP contribution < -0.4 is 4.90 Å². The molecule has 1 aliphatic heterocycles. The summed E-state index contributed by atoms with van der Waals surface area (Å²) in [4.78, 5) is 9.85. The van der Waals surface area contributed by atoms with Gasteiger partial charge in [-0.3, -0.25) is 0 Å². The van der Waals surface area contributed by atoms with E-state index in [4.69, 9.17) is 0 Å². The molecule has 1 N–H and O–H groups in total. The molecule has 1 saturated heterocycles. The molecule has 1 fully saturated rings. The predicted molar refractivity (Wildman–Crippen MR) is 67.6 cm³/mol. The number of H-pyrrole nitrogens is 1. The van der Waals surface area contributed by atoms with E-state index in [2.05, 4.69) is 35.6 Å². The Morgan fingerprint density at radius 2 is 2.06 bits per heavy atom. The maximum atomic E-state index is 4.31. The van der Waals surface area contributed by atoms with Crippen molar-refractivity contribution < 1.29 is 0 Å². The molecular formula is C13H23N3. The molecule has 90 valence electrons. The highest BCUT2D eigenvalue weighted by Crippen LogP contribution is 2.31. The molecule has 2 rings (SSSR count). The number of aromatic nitrogens is 2. The molecule has 0 bridgehead atoms. The number of anilines is 1. The van der Waals surface area contributed by atoms with Crippen LogP contribution in [0.2, 0.25) is 0 Å². The Morgan fingerprint density at radius 1 is 1.38 bits per heavy atom. The lowest BCUT2D eigenvalue weighted by Crippen LogP contribution is -2.35. The van der Waals surface area contributed by atoms with Crippen molar-refractivity contribution in [3.63, 3.8) is 0 Å². The Morgan fingerprint density at radius 3 is 2.56 bits per heavy atom. The molecule has 3 heteroatoms. The molecular weight excluding hydrogens is 198 g/mol. The van der Waals surface area contributed by atoms with Crippen molar-refractivity contribution in [3.05, 3.63) is 12.4 Å². The lowest BCUT2D eigenvalue weighted by atomic mass is 9.80. The Balaban J connectivity index is 1.83. The van der Waals surface area contributed by atoms with Gasteiger partial charge >= 0.3 is 0 Å². The Hall–Kier alpha value is -0.990. The molecule has 0 spiro atoms. The van der Waals surface area contributed by atoms with Crippen molar-refractivity contribution >= 4 is 5.95 Å². The maximum Gasteiger partial charge on any atom is 0.202 e. The molecule has 1 aromatic heterocycles. The van der Waals surface area contributed by atoms with E-state index in [0.717, 1.165) is 25.0 Å². The average Bonchev–Trinajstić information content (AvgIpc) is 2.69. The van der Waals surface area contributed by atoms with Gasteiger partial charge in [0, 0.05) is 25.5 Å². The van der Waals surface area contributed by atoms with Crippen LogP contribution in [-0.4, -0.2) is 23.1 Å². The van der Waals surface area contributed by atoms with Crippen LogP contribution in [-0.2, 0) is 0 Å². The van der Waals surface area contributed by atoms with E-state index in [0.29, 0.717) is 5.41 Å². The monoisotopic (exact) mass is 221 g/mol. The summed E-state index contributed by atoms with van der Waals surface area (Å²) in [7, 11) is 0. The first-order valence-corrected chi connectivity index (χ1v) is 6.29. The second-order valence-corrected chi connectivity index (χ2v) is 6.11. The Kier molecular flexibility index (Phi) is 3.22. The second kappa shape index (κ2) is 4.48. The number of hydrogen-bond acceptors (Lipinski definition) is 2.